The van der Waals surface area contributed by atoms with E-state index in [0.29, 0.717) is 12.3 Å². The predicted octanol–water partition coefficient (Wildman–Crippen LogP) is 3.42. The third kappa shape index (κ3) is 5.34. The Hall–Kier alpha value is -1.36. The molecule has 27 heavy (non-hydrogen) atoms. The van der Waals surface area contributed by atoms with E-state index in [9.17, 15) is 4.79 Å². The van der Waals surface area contributed by atoms with Crippen molar-refractivity contribution in [2.24, 2.45) is 11.8 Å². The van der Waals surface area contributed by atoms with Crippen LogP contribution in [0.1, 0.15) is 62.9 Å². The third-order valence-electron chi connectivity index (χ3n) is 6.36. The highest BCUT2D eigenvalue weighted by molar-refractivity contribution is 5.79. The van der Waals surface area contributed by atoms with Crippen LogP contribution in [0.2, 0.25) is 0 Å². The molecule has 1 aliphatic carbocycles. The van der Waals surface area contributed by atoms with Gasteiger partial charge in [0.15, 0.2) is 0 Å². The van der Waals surface area contributed by atoms with Crippen LogP contribution in [0, 0.1) is 25.7 Å². The van der Waals surface area contributed by atoms with Gasteiger partial charge in [-0.05, 0) is 38.5 Å². The first-order valence-electron chi connectivity index (χ1n) is 11.0. The van der Waals surface area contributed by atoms with Crippen LogP contribution < -0.4 is 0 Å². The summed E-state index contributed by atoms with van der Waals surface area (Å²) in [5, 5.41) is 4.66. The Morgan fingerprint density at radius 2 is 1.74 bits per heavy atom. The molecule has 0 radical (unpaired) electrons. The largest absolute Gasteiger partial charge is 0.340 e. The highest BCUT2D eigenvalue weighted by Crippen LogP contribution is 2.25. The van der Waals surface area contributed by atoms with Crippen LogP contribution in [0.15, 0.2) is 0 Å². The first kappa shape index (κ1) is 20.4. The summed E-state index contributed by atoms with van der Waals surface area (Å²) in [5.74, 6) is 1.71. The van der Waals surface area contributed by atoms with Crippen LogP contribution in [0.25, 0.3) is 0 Å². The quantitative estimate of drug-likeness (QED) is 0.766. The maximum Gasteiger partial charge on any atom is 0.227 e. The minimum absolute atomic E-state index is 0.266. The summed E-state index contributed by atoms with van der Waals surface area (Å²) in [6.45, 7) is 14.5. The molecule has 1 aromatic heterocycles. The second kappa shape index (κ2) is 9.22. The van der Waals surface area contributed by atoms with E-state index in [1.165, 1.54) is 38.6 Å². The number of hydrogen-bond acceptors (Lipinski definition) is 3. The minimum Gasteiger partial charge on any atom is -0.340 e. The van der Waals surface area contributed by atoms with Gasteiger partial charge in [-0.3, -0.25) is 14.4 Å². The van der Waals surface area contributed by atoms with Crippen molar-refractivity contribution in [3.63, 3.8) is 0 Å². The van der Waals surface area contributed by atoms with E-state index in [1.54, 1.807) is 0 Å². The van der Waals surface area contributed by atoms with Crippen LogP contribution in [0.5, 0.6) is 0 Å². The fraction of sp³-hybridized carbons (Fsp3) is 0.818. The zero-order valence-electron chi connectivity index (χ0n) is 17.8. The molecule has 2 aliphatic rings. The Bertz CT molecular complexity index is 623. The van der Waals surface area contributed by atoms with Gasteiger partial charge in [0.05, 0.1) is 12.1 Å². The lowest BCUT2D eigenvalue weighted by molar-refractivity contribution is -0.132. The monoisotopic (exact) mass is 374 g/mol. The molecular weight excluding hydrogens is 336 g/mol. The number of carbonyl (C=O) groups excluding carboxylic acids is 1. The number of aryl methyl sites for hydroxylation is 1. The molecule has 1 saturated heterocycles. The zero-order valence-corrected chi connectivity index (χ0v) is 17.8. The molecule has 1 saturated carbocycles. The third-order valence-corrected chi connectivity index (χ3v) is 6.36. The smallest absolute Gasteiger partial charge is 0.227 e. The minimum atomic E-state index is 0.266. The summed E-state index contributed by atoms with van der Waals surface area (Å²) in [6.07, 6.45) is 7.54. The number of carbonyl (C=O) groups is 1. The molecule has 0 bridgehead atoms. The lowest BCUT2D eigenvalue weighted by atomic mass is 9.89. The number of rotatable bonds is 6. The molecule has 2 fully saturated rings. The molecule has 5 nitrogen and oxygen atoms in total. The summed E-state index contributed by atoms with van der Waals surface area (Å²) in [4.78, 5) is 17.5. The Kier molecular flexibility index (Phi) is 6.96. The second-order valence-electron chi connectivity index (χ2n) is 9.09. The molecule has 2 heterocycles. The van der Waals surface area contributed by atoms with E-state index in [4.69, 9.17) is 0 Å². The van der Waals surface area contributed by atoms with Gasteiger partial charge in [0, 0.05) is 50.5 Å². The number of piperazine rings is 1. The van der Waals surface area contributed by atoms with Gasteiger partial charge >= 0.3 is 0 Å². The van der Waals surface area contributed by atoms with Gasteiger partial charge in [-0.25, -0.2) is 0 Å². The van der Waals surface area contributed by atoms with Crippen molar-refractivity contribution in [1.82, 2.24) is 19.6 Å². The Labute approximate surface area is 165 Å². The molecule has 0 spiro atoms. The molecule has 0 unspecified atom stereocenters. The lowest BCUT2D eigenvalue weighted by Crippen LogP contribution is -2.50. The average Bonchev–Trinajstić information content (AvgIpc) is 2.90. The molecule has 0 atom stereocenters. The molecule has 0 N–H and O–H groups in total. The van der Waals surface area contributed by atoms with Crippen molar-refractivity contribution in [2.45, 2.75) is 72.8 Å². The van der Waals surface area contributed by atoms with Gasteiger partial charge in [-0.2, -0.15) is 5.10 Å². The highest BCUT2D eigenvalue weighted by atomic mass is 16.2. The second-order valence-corrected chi connectivity index (χ2v) is 9.09. The normalized spacial score (nSPS) is 19.8. The van der Waals surface area contributed by atoms with Gasteiger partial charge in [-0.1, -0.05) is 33.1 Å². The lowest BCUT2D eigenvalue weighted by Gasteiger charge is -2.37. The maximum atomic E-state index is 12.9. The van der Waals surface area contributed by atoms with Gasteiger partial charge in [0.25, 0.3) is 0 Å². The van der Waals surface area contributed by atoms with Crippen molar-refractivity contribution < 1.29 is 4.79 Å². The van der Waals surface area contributed by atoms with Crippen LogP contribution in [-0.4, -0.2) is 58.2 Å². The Morgan fingerprint density at radius 3 is 2.37 bits per heavy atom. The number of nitrogens with zero attached hydrogens (tertiary/aromatic N) is 4. The molecule has 3 rings (SSSR count). The van der Waals surface area contributed by atoms with Crippen LogP contribution in [-0.2, 0) is 17.8 Å². The van der Waals surface area contributed by atoms with E-state index in [0.717, 1.165) is 55.6 Å². The topological polar surface area (TPSA) is 41.4 Å². The van der Waals surface area contributed by atoms with E-state index in [1.807, 2.05) is 6.92 Å². The van der Waals surface area contributed by atoms with E-state index in [-0.39, 0.29) is 5.91 Å². The predicted molar refractivity (Wildman–Crippen MR) is 110 cm³/mol. The summed E-state index contributed by atoms with van der Waals surface area (Å²) >= 11 is 0. The summed E-state index contributed by atoms with van der Waals surface area (Å²) in [5.41, 5.74) is 3.30. The fourth-order valence-corrected chi connectivity index (χ4v) is 4.69. The van der Waals surface area contributed by atoms with Crippen molar-refractivity contribution in [3.05, 3.63) is 17.0 Å². The summed E-state index contributed by atoms with van der Waals surface area (Å²) in [7, 11) is 0. The first-order chi connectivity index (χ1) is 12.9. The summed E-state index contributed by atoms with van der Waals surface area (Å²) in [6, 6.07) is 0. The van der Waals surface area contributed by atoms with Crippen LogP contribution >= 0.6 is 0 Å². The molecule has 5 heteroatoms. The molecule has 1 aromatic rings. The van der Waals surface area contributed by atoms with Crippen LogP contribution in [0.3, 0.4) is 0 Å². The van der Waals surface area contributed by atoms with Gasteiger partial charge in [0.2, 0.25) is 5.91 Å². The van der Waals surface area contributed by atoms with E-state index < -0.39 is 0 Å². The van der Waals surface area contributed by atoms with Crippen molar-refractivity contribution in [2.75, 3.05) is 32.7 Å². The molecular formula is C22H38N4O. The zero-order chi connectivity index (χ0) is 19.4. The van der Waals surface area contributed by atoms with E-state index in [2.05, 4.69) is 40.4 Å². The first-order valence-corrected chi connectivity index (χ1v) is 11.0. The average molecular weight is 375 g/mol. The van der Waals surface area contributed by atoms with Crippen molar-refractivity contribution in [1.29, 1.82) is 0 Å². The standard InChI is InChI=1S/C22H38N4O/c1-17(2)15-26-19(4)21(18(3)23-26)14-22(27)25-12-10-24(11-13-25)16-20-8-6-5-7-9-20/h17,20H,5-16H2,1-4H3. The Morgan fingerprint density at radius 1 is 1.07 bits per heavy atom. The number of hydrogen-bond donors (Lipinski definition) is 0. The summed E-state index contributed by atoms with van der Waals surface area (Å²) < 4.78 is 2.07. The Balaban J connectivity index is 1.50. The van der Waals surface area contributed by atoms with Gasteiger partial charge in [-0.15, -0.1) is 0 Å². The van der Waals surface area contributed by atoms with E-state index >= 15 is 0 Å². The number of aromatic nitrogens is 2. The molecule has 1 aliphatic heterocycles. The molecule has 0 aromatic carbocycles. The van der Waals surface area contributed by atoms with Crippen molar-refractivity contribution in [3.8, 4) is 0 Å². The maximum absolute atomic E-state index is 12.9. The number of amides is 1. The highest BCUT2D eigenvalue weighted by Gasteiger charge is 2.25. The van der Waals surface area contributed by atoms with Crippen LogP contribution in [0.4, 0.5) is 0 Å². The fourth-order valence-electron chi connectivity index (χ4n) is 4.69. The van der Waals surface area contributed by atoms with Gasteiger partial charge < -0.3 is 4.90 Å². The SMILES string of the molecule is Cc1nn(CC(C)C)c(C)c1CC(=O)N1CCN(CC2CCCCC2)CC1. The molecule has 1 amide bonds. The van der Waals surface area contributed by atoms with Gasteiger partial charge in [0.1, 0.15) is 0 Å². The molecule has 152 valence electrons. The van der Waals surface area contributed by atoms with Crippen molar-refractivity contribution >= 4 is 5.91 Å².